The predicted molar refractivity (Wildman–Crippen MR) is 82.9 cm³/mol. The molecule has 0 radical (unpaired) electrons. The maximum atomic E-state index is 12.3. The lowest BCUT2D eigenvalue weighted by Gasteiger charge is -2.14. The van der Waals surface area contributed by atoms with Crippen molar-refractivity contribution in [3.63, 3.8) is 0 Å². The van der Waals surface area contributed by atoms with E-state index in [1.54, 1.807) is 49.4 Å². The summed E-state index contributed by atoms with van der Waals surface area (Å²) in [6.45, 7) is 1.77. The van der Waals surface area contributed by atoms with E-state index in [0.717, 1.165) is 5.56 Å². The van der Waals surface area contributed by atoms with Crippen LogP contribution >= 0.6 is 0 Å². The highest BCUT2D eigenvalue weighted by molar-refractivity contribution is 6.04. The zero-order valence-corrected chi connectivity index (χ0v) is 11.7. The van der Waals surface area contributed by atoms with Gasteiger partial charge in [-0.25, -0.2) is 0 Å². The van der Waals surface area contributed by atoms with E-state index in [2.05, 4.69) is 5.32 Å². The van der Waals surface area contributed by atoms with Crippen LogP contribution in [0.15, 0.2) is 48.5 Å². The summed E-state index contributed by atoms with van der Waals surface area (Å²) in [4.78, 5) is 23.6. The number of nitrogens with two attached hydrogens (primary N) is 2. The van der Waals surface area contributed by atoms with Gasteiger partial charge in [0.05, 0.1) is 17.2 Å². The zero-order chi connectivity index (χ0) is 15.4. The summed E-state index contributed by atoms with van der Waals surface area (Å²) in [6.07, 6.45) is 0. The SMILES string of the molecule is CC(C(=O)Nc1ccccc1C(N)=O)c1cccc(N)c1. The lowest BCUT2D eigenvalue weighted by Crippen LogP contribution is -2.22. The van der Waals surface area contributed by atoms with E-state index >= 15 is 0 Å². The monoisotopic (exact) mass is 283 g/mol. The maximum absolute atomic E-state index is 12.3. The second kappa shape index (κ2) is 6.09. The van der Waals surface area contributed by atoms with Crippen molar-refractivity contribution in [2.45, 2.75) is 12.8 Å². The molecule has 2 aromatic carbocycles. The highest BCUT2D eigenvalue weighted by Crippen LogP contribution is 2.21. The average molecular weight is 283 g/mol. The van der Waals surface area contributed by atoms with Gasteiger partial charge in [-0.05, 0) is 36.8 Å². The van der Waals surface area contributed by atoms with Gasteiger partial charge in [-0.1, -0.05) is 24.3 Å². The number of hydrogen-bond acceptors (Lipinski definition) is 3. The van der Waals surface area contributed by atoms with Crippen LogP contribution in [0.3, 0.4) is 0 Å². The largest absolute Gasteiger partial charge is 0.399 e. The maximum Gasteiger partial charge on any atom is 0.250 e. The highest BCUT2D eigenvalue weighted by atomic mass is 16.2. The Morgan fingerprint density at radius 1 is 1.10 bits per heavy atom. The molecule has 0 aliphatic carbocycles. The van der Waals surface area contributed by atoms with Crippen molar-refractivity contribution < 1.29 is 9.59 Å². The Morgan fingerprint density at radius 3 is 2.48 bits per heavy atom. The molecular formula is C16H17N3O2. The minimum Gasteiger partial charge on any atom is -0.399 e. The molecule has 2 amide bonds. The molecule has 0 aromatic heterocycles. The van der Waals surface area contributed by atoms with Crippen LogP contribution in [0.25, 0.3) is 0 Å². The molecule has 2 aromatic rings. The van der Waals surface area contributed by atoms with Crippen LogP contribution in [0.1, 0.15) is 28.8 Å². The Balaban J connectivity index is 2.20. The molecule has 0 bridgehead atoms. The molecule has 0 heterocycles. The number of anilines is 2. The minimum atomic E-state index is -0.581. The average Bonchev–Trinajstić information content (AvgIpc) is 2.46. The summed E-state index contributed by atoms with van der Waals surface area (Å²) in [6, 6.07) is 13.8. The van der Waals surface area contributed by atoms with Gasteiger partial charge in [-0.3, -0.25) is 9.59 Å². The number of rotatable bonds is 4. The van der Waals surface area contributed by atoms with E-state index in [1.165, 1.54) is 0 Å². The first-order chi connectivity index (χ1) is 9.99. The van der Waals surface area contributed by atoms with Crippen molar-refractivity contribution in [1.82, 2.24) is 0 Å². The Labute approximate surface area is 123 Å². The van der Waals surface area contributed by atoms with Crippen molar-refractivity contribution in [1.29, 1.82) is 0 Å². The molecule has 21 heavy (non-hydrogen) atoms. The van der Waals surface area contributed by atoms with Gasteiger partial charge in [-0.2, -0.15) is 0 Å². The number of carbonyl (C=O) groups is 2. The quantitative estimate of drug-likeness (QED) is 0.749. The third kappa shape index (κ3) is 3.39. The predicted octanol–water partition coefficient (Wildman–Crippen LogP) is 2.11. The van der Waals surface area contributed by atoms with Crippen LogP contribution < -0.4 is 16.8 Å². The van der Waals surface area contributed by atoms with Crippen molar-refractivity contribution in [3.05, 3.63) is 59.7 Å². The van der Waals surface area contributed by atoms with Crippen LogP contribution in [-0.2, 0) is 4.79 Å². The second-order valence-corrected chi connectivity index (χ2v) is 4.79. The van der Waals surface area contributed by atoms with Crippen LogP contribution in [0.2, 0.25) is 0 Å². The van der Waals surface area contributed by atoms with E-state index in [-0.39, 0.29) is 11.5 Å². The van der Waals surface area contributed by atoms with E-state index in [9.17, 15) is 9.59 Å². The summed E-state index contributed by atoms with van der Waals surface area (Å²) >= 11 is 0. The van der Waals surface area contributed by atoms with Crippen molar-refractivity contribution >= 4 is 23.2 Å². The van der Waals surface area contributed by atoms with Crippen molar-refractivity contribution in [2.24, 2.45) is 5.73 Å². The normalized spacial score (nSPS) is 11.7. The summed E-state index contributed by atoms with van der Waals surface area (Å²) in [5.74, 6) is -1.20. The molecule has 5 nitrogen and oxygen atoms in total. The van der Waals surface area contributed by atoms with Gasteiger partial charge in [0, 0.05) is 5.69 Å². The summed E-state index contributed by atoms with van der Waals surface area (Å²) in [7, 11) is 0. The fourth-order valence-electron chi connectivity index (χ4n) is 2.03. The minimum absolute atomic E-state index is 0.228. The molecule has 0 fully saturated rings. The van der Waals surface area contributed by atoms with Crippen LogP contribution in [0.5, 0.6) is 0 Å². The molecule has 0 saturated carbocycles. The first-order valence-electron chi connectivity index (χ1n) is 6.54. The van der Waals surface area contributed by atoms with Gasteiger partial charge in [0.15, 0.2) is 0 Å². The van der Waals surface area contributed by atoms with E-state index in [1.807, 2.05) is 6.07 Å². The fourth-order valence-corrected chi connectivity index (χ4v) is 2.03. The number of carbonyl (C=O) groups excluding carboxylic acids is 2. The highest BCUT2D eigenvalue weighted by Gasteiger charge is 2.17. The third-order valence-corrected chi connectivity index (χ3v) is 3.25. The van der Waals surface area contributed by atoms with Crippen LogP contribution in [0.4, 0.5) is 11.4 Å². The van der Waals surface area contributed by atoms with Gasteiger partial charge in [0.25, 0.3) is 5.91 Å². The number of para-hydroxylation sites is 1. The Kier molecular flexibility index (Phi) is 4.23. The van der Waals surface area contributed by atoms with Gasteiger partial charge in [-0.15, -0.1) is 0 Å². The van der Waals surface area contributed by atoms with E-state index < -0.39 is 11.8 Å². The lowest BCUT2D eigenvalue weighted by atomic mass is 9.99. The topological polar surface area (TPSA) is 98.2 Å². The Morgan fingerprint density at radius 2 is 1.81 bits per heavy atom. The van der Waals surface area contributed by atoms with Gasteiger partial charge < -0.3 is 16.8 Å². The second-order valence-electron chi connectivity index (χ2n) is 4.79. The van der Waals surface area contributed by atoms with Crippen molar-refractivity contribution in [2.75, 3.05) is 11.1 Å². The molecule has 1 atom stereocenters. The first-order valence-corrected chi connectivity index (χ1v) is 6.54. The summed E-state index contributed by atoms with van der Waals surface area (Å²) in [5, 5.41) is 2.73. The van der Waals surface area contributed by atoms with Gasteiger partial charge in [0.1, 0.15) is 0 Å². The number of amides is 2. The van der Waals surface area contributed by atoms with E-state index in [4.69, 9.17) is 11.5 Å². The first kappa shape index (κ1) is 14.6. The molecule has 0 spiro atoms. The van der Waals surface area contributed by atoms with Crippen molar-refractivity contribution in [3.8, 4) is 0 Å². The van der Waals surface area contributed by atoms with Gasteiger partial charge >= 0.3 is 0 Å². The summed E-state index contributed by atoms with van der Waals surface area (Å²) < 4.78 is 0. The number of benzene rings is 2. The Hall–Kier alpha value is -2.82. The molecule has 5 N–H and O–H groups in total. The zero-order valence-electron chi connectivity index (χ0n) is 11.7. The van der Waals surface area contributed by atoms with Crippen LogP contribution in [-0.4, -0.2) is 11.8 Å². The molecule has 0 aliphatic rings. The smallest absolute Gasteiger partial charge is 0.250 e. The third-order valence-electron chi connectivity index (χ3n) is 3.25. The van der Waals surface area contributed by atoms with E-state index in [0.29, 0.717) is 11.4 Å². The lowest BCUT2D eigenvalue weighted by molar-refractivity contribution is -0.117. The Bertz CT molecular complexity index is 683. The molecule has 0 aliphatic heterocycles. The number of hydrogen-bond donors (Lipinski definition) is 3. The molecule has 0 saturated heterocycles. The van der Waals surface area contributed by atoms with Crippen LogP contribution in [0, 0.1) is 0 Å². The molecule has 1 unspecified atom stereocenters. The fraction of sp³-hybridized carbons (Fsp3) is 0.125. The summed E-state index contributed by atoms with van der Waals surface area (Å²) in [5.41, 5.74) is 13.1. The number of nitrogens with one attached hydrogen (secondary N) is 1. The van der Waals surface area contributed by atoms with Gasteiger partial charge in [0.2, 0.25) is 5.91 Å². The molecule has 5 heteroatoms. The molecular weight excluding hydrogens is 266 g/mol. The number of primary amides is 1. The molecule has 108 valence electrons. The molecule has 2 rings (SSSR count). The standard InChI is InChI=1S/C16H17N3O2/c1-10(11-5-4-6-12(17)9-11)16(21)19-14-8-3-2-7-13(14)15(18)20/h2-10H,17H2,1H3,(H2,18,20)(H,19,21). The number of nitrogen functional groups attached to an aromatic ring is 1.